The average molecular weight is 136 g/mol. The molecule has 0 aromatic carbocycles. The number of hydrogen-bond acceptors (Lipinski definition) is 1. The summed E-state index contributed by atoms with van der Waals surface area (Å²) in [5, 5.41) is 0. The van der Waals surface area contributed by atoms with Crippen molar-refractivity contribution in [3.05, 3.63) is 0 Å². The Morgan fingerprint density at radius 2 is 2.00 bits per heavy atom. The van der Waals surface area contributed by atoms with Gasteiger partial charge in [0.1, 0.15) is 0 Å². The standard InChI is InChI=1S/C6H13N.ClH/c7-5-4-6-2-1-3-6;/h6H,1-5,7H2;1H. The van der Waals surface area contributed by atoms with E-state index in [0.717, 1.165) is 12.5 Å². The molecule has 1 nitrogen and oxygen atoms in total. The first-order chi connectivity index (χ1) is 3.43. The lowest BCUT2D eigenvalue weighted by Gasteiger charge is -2.23. The van der Waals surface area contributed by atoms with Gasteiger partial charge < -0.3 is 5.73 Å². The Morgan fingerprint density at radius 3 is 2.12 bits per heavy atom. The van der Waals surface area contributed by atoms with Crippen molar-refractivity contribution in [2.75, 3.05) is 6.54 Å². The molecule has 0 amide bonds. The highest BCUT2D eigenvalue weighted by molar-refractivity contribution is 5.85. The Kier molecular flexibility index (Phi) is 4.29. The van der Waals surface area contributed by atoms with Gasteiger partial charge in [-0.15, -0.1) is 12.4 Å². The van der Waals surface area contributed by atoms with Crippen LogP contribution < -0.4 is 5.73 Å². The van der Waals surface area contributed by atoms with Crippen molar-refractivity contribution in [1.82, 2.24) is 0 Å². The molecule has 8 heavy (non-hydrogen) atoms. The number of hydrogen-bond donors (Lipinski definition) is 1. The number of rotatable bonds is 2. The highest BCUT2D eigenvalue weighted by Gasteiger charge is 2.15. The van der Waals surface area contributed by atoms with Crippen molar-refractivity contribution < 1.29 is 0 Å². The van der Waals surface area contributed by atoms with Crippen LogP contribution in [0.1, 0.15) is 25.7 Å². The molecule has 0 spiro atoms. The predicted octanol–water partition coefficient (Wildman–Crippen LogP) is 1.56. The van der Waals surface area contributed by atoms with E-state index < -0.39 is 0 Å². The van der Waals surface area contributed by atoms with Crippen molar-refractivity contribution in [3.8, 4) is 0 Å². The third-order valence-corrected chi connectivity index (χ3v) is 1.80. The van der Waals surface area contributed by atoms with E-state index in [1.807, 2.05) is 0 Å². The first-order valence-corrected chi connectivity index (χ1v) is 3.13. The number of halogens is 1. The first-order valence-electron chi connectivity index (χ1n) is 3.13. The lowest BCUT2D eigenvalue weighted by molar-refractivity contribution is 0.300. The van der Waals surface area contributed by atoms with Gasteiger partial charge in [-0.2, -0.15) is 0 Å². The second kappa shape index (κ2) is 4.16. The Labute approximate surface area is 57.1 Å². The molecule has 0 heterocycles. The maximum Gasteiger partial charge on any atom is -0.00746 e. The molecule has 0 aliphatic heterocycles. The van der Waals surface area contributed by atoms with Crippen LogP contribution >= 0.6 is 12.4 Å². The summed E-state index contributed by atoms with van der Waals surface area (Å²) >= 11 is 0. The highest BCUT2D eigenvalue weighted by atomic mass is 35.5. The zero-order chi connectivity index (χ0) is 5.11. The molecule has 1 rings (SSSR count). The van der Waals surface area contributed by atoms with Crippen molar-refractivity contribution in [2.24, 2.45) is 11.7 Å². The second-order valence-corrected chi connectivity index (χ2v) is 2.37. The van der Waals surface area contributed by atoms with Crippen LogP contribution in [-0.2, 0) is 0 Å². The molecule has 0 radical (unpaired) electrons. The van der Waals surface area contributed by atoms with Gasteiger partial charge in [-0.25, -0.2) is 0 Å². The van der Waals surface area contributed by atoms with Gasteiger partial charge in [-0.3, -0.25) is 0 Å². The van der Waals surface area contributed by atoms with E-state index in [4.69, 9.17) is 5.73 Å². The molecule has 0 unspecified atom stereocenters. The summed E-state index contributed by atoms with van der Waals surface area (Å²) in [6.45, 7) is 0.894. The molecule has 0 aromatic rings. The van der Waals surface area contributed by atoms with Crippen molar-refractivity contribution >= 4 is 12.4 Å². The SMILES string of the molecule is Cl.NCCC1CCC1. The lowest BCUT2D eigenvalue weighted by atomic mass is 9.83. The summed E-state index contributed by atoms with van der Waals surface area (Å²) in [6.07, 6.45) is 5.60. The van der Waals surface area contributed by atoms with Gasteiger partial charge in [0.15, 0.2) is 0 Å². The highest BCUT2D eigenvalue weighted by Crippen LogP contribution is 2.28. The van der Waals surface area contributed by atoms with Crippen molar-refractivity contribution in [3.63, 3.8) is 0 Å². The smallest absolute Gasteiger partial charge is 0.00746 e. The van der Waals surface area contributed by atoms with Gasteiger partial charge >= 0.3 is 0 Å². The molecular weight excluding hydrogens is 122 g/mol. The fourth-order valence-electron chi connectivity index (χ4n) is 1.02. The third-order valence-electron chi connectivity index (χ3n) is 1.80. The Morgan fingerprint density at radius 1 is 1.38 bits per heavy atom. The molecule has 2 heteroatoms. The topological polar surface area (TPSA) is 26.0 Å². The van der Waals surface area contributed by atoms with Crippen LogP contribution in [0.15, 0.2) is 0 Å². The zero-order valence-electron chi connectivity index (χ0n) is 5.10. The normalized spacial score (nSPS) is 19.1. The van der Waals surface area contributed by atoms with Crippen LogP contribution in [0.3, 0.4) is 0 Å². The average Bonchev–Trinajstić information content (AvgIpc) is 1.55. The van der Waals surface area contributed by atoms with E-state index in [9.17, 15) is 0 Å². The summed E-state index contributed by atoms with van der Waals surface area (Å²) in [7, 11) is 0. The largest absolute Gasteiger partial charge is 0.330 e. The predicted molar refractivity (Wildman–Crippen MR) is 38.3 cm³/mol. The summed E-state index contributed by atoms with van der Waals surface area (Å²) < 4.78 is 0. The van der Waals surface area contributed by atoms with E-state index in [1.165, 1.54) is 25.7 Å². The minimum Gasteiger partial charge on any atom is -0.330 e. The van der Waals surface area contributed by atoms with E-state index >= 15 is 0 Å². The molecule has 0 bridgehead atoms. The van der Waals surface area contributed by atoms with E-state index in [1.54, 1.807) is 0 Å². The fraction of sp³-hybridized carbons (Fsp3) is 1.00. The minimum atomic E-state index is 0. The van der Waals surface area contributed by atoms with E-state index in [0.29, 0.717) is 0 Å². The molecule has 1 aliphatic carbocycles. The van der Waals surface area contributed by atoms with Gasteiger partial charge in [0, 0.05) is 0 Å². The van der Waals surface area contributed by atoms with Gasteiger partial charge in [0.2, 0.25) is 0 Å². The molecule has 0 aromatic heterocycles. The Balaban J connectivity index is 0.000000490. The molecular formula is C6H14ClN. The molecule has 1 fully saturated rings. The first kappa shape index (κ1) is 8.25. The van der Waals surface area contributed by atoms with E-state index in [-0.39, 0.29) is 12.4 Å². The summed E-state index contributed by atoms with van der Waals surface area (Å²) in [4.78, 5) is 0. The Bertz CT molecular complexity index is 52.5. The fourth-order valence-corrected chi connectivity index (χ4v) is 1.02. The van der Waals surface area contributed by atoms with Crippen molar-refractivity contribution in [2.45, 2.75) is 25.7 Å². The van der Waals surface area contributed by atoms with Gasteiger partial charge in [0.25, 0.3) is 0 Å². The van der Waals surface area contributed by atoms with Crippen LogP contribution in [0.2, 0.25) is 0 Å². The summed E-state index contributed by atoms with van der Waals surface area (Å²) in [5.41, 5.74) is 5.34. The Hall–Kier alpha value is 0.250. The quantitative estimate of drug-likeness (QED) is 0.611. The molecule has 2 N–H and O–H groups in total. The van der Waals surface area contributed by atoms with Crippen molar-refractivity contribution in [1.29, 1.82) is 0 Å². The molecule has 0 atom stereocenters. The van der Waals surface area contributed by atoms with Gasteiger partial charge in [-0.05, 0) is 18.9 Å². The zero-order valence-corrected chi connectivity index (χ0v) is 5.91. The van der Waals surface area contributed by atoms with E-state index in [2.05, 4.69) is 0 Å². The van der Waals surface area contributed by atoms with Crippen LogP contribution in [0.5, 0.6) is 0 Å². The summed E-state index contributed by atoms with van der Waals surface area (Å²) in [5.74, 6) is 1.00. The maximum atomic E-state index is 5.34. The van der Waals surface area contributed by atoms with Crippen LogP contribution in [0.25, 0.3) is 0 Å². The maximum absolute atomic E-state index is 5.34. The molecule has 1 saturated carbocycles. The molecule has 50 valence electrons. The summed E-state index contributed by atoms with van der Waals surface area (Å²) in [6, 6.07) is 0. The van der Waals surface area contributed by atoms with Gasteiger partial charge in [-0.1, -0.05) is 19.3 Å². The second-order valence-electron chi connectivity index (χ2n) is 2.37. The van der Waals surface area contributed by atoms with Crippen LogP contribution in [0, 0.1) is 5.92 Å². The third kappa shape index (κ3) is 2.01. The minimum absolute atomic E-state index is 0. The monoisotopic (exact) mass is 135 g/mol. The molecule has 1 aliphatic rings. The van der Waals surface area contributed by atoms with Crippen LogP contribution in [-0.4, -0.2) is 6.54 Å². The van der Waals surface area contributed by atoms with Gasteiger partial charge in [0.05, 0.1) is 0 Å². The lowest BCUT2D eigenvalue weighted by Crippen LogP contribution is -2.15. The molecule has 0 saturated heterocycles. The van der Waals surface area contributed by atoms with Crippen LogP contribution in [0.4, 0.5) is 0 Å². The number of nitrogens with two attached hydrogens (primary N) is 1.